The van der Waals surface area contributed by atoms with Crippen molar-refractivity contribution in [2.75, 3.05) is 0 Å². The molecule has 1 heterocycles. The van der Waals surface area contributed by atoms with E-state index in [1.807, 2.05) is 0 Å². The number of alkyl halides is 1. The van der Waals surface area contributed by atoms with Crippen LogP contribution in [-0.2, 0) is 9.63 Å². The molecule has 2 aliphatic rings. The highest BCUT2D eigenvalue weighted by Crippen LogP contribution is 2.32. The van der Waals surface area contributed by atoms with Crippen molar-refractivity contribution < 1.29 is 23.6 Å². The fraction of sp³-hybridized carbons (Fsp3) is 0.308. The molecule has 5 nitrogen and oxygen atoms in total. The number of rotatable bonds is 2. The predicted molar refractivity (Wildman–Crippen MR) is 60.7 cm³/mol. The smallest absolute Gasteiger partial charge is 0.329 e. The molecule has 0 N–H and O–H groups in total. The van der Waals surface area contributed by atoms with Gasteiger partial charge < -0.3 is 4.84 Å². The van der Waals surface area contributed by atoms with Crippen LogP contribution in [-0.4, -0.2) is 29.0 Å². The van der Waals surface area contributed by atoms with Crippen molar-refractivity contribution in [1.82, 2.24) is 5.06 Å². The van der Waals surface area contributed by atoms with Gasteiger partial charge >= 0.3 is 5.97 Å². The Morgan fingerprint density at radius 1 is 1.16 bits per heavy atom. The van der Waals surface area contributed by atoms with Gasteiger partial charge in [-0.05, 0) is 25.0 Å². The molecular formula is C13H10FNO4. The summed E-state index contributed by atoms with van der Waals surface area (Å²) in [5, 5.41) is 0.415. The van der Waals surface area contributed by atoms with Gasteiger partial charge in [-0.25, -0.2) is 9.18 Å². The average Bonchev–Trinajstić information content (AvgIpc) is 2.63. The first kappa shape index (κ1) is 11.8. The van der Waals surface area contributed by atoms with E-state index in [2.05, 4.69) is 0 Å². The third-order valence-electron chi connectivity index (χ3n) is 3.43. The summed E-state index contributed by atoms with van der Waals surface area (Å²) < 4.78 is 13.1. The van der Waals surface area contributed by atoms with Gasteiger partial charge in [-0.2, -0.15) is 0 Å². The highest BCUT2D eigenvalue weighted by Gasteiger charge is 2.43. The second-order valence-corrected chi connectivity index (χ2v) is 4.56. The number of benzene rings is 1. The molecule has 1 saturated carbocycles. The first-order valence-electron chi connectivity index (χ1n) is 5.93. The number of nitrogens with zero attached hydrogens (tertiary/aromatic N) is 1. The fourth-order valence-corrected chi connectivity index (χ4v) is 2.13. The summed E-state index contributed by atoms with van der Waals surface area (Å²) >= 11 is 0. The van der Waals surface area contributed by atoms with Crippen molar-refractivity contribution in [3.05, 3.63) is 35.4 Å². The van der Waals surface area contributed by atoms with Crippen LogP contribution < -0.4 is 0 Å². The molecule has 1 fully saturated rings. The van der Waals surface area contributed by atoms with Gasteiger partial charge in [0, 0.05) is 0 Å². The first-order chi connectivity index (χ1) is 9.09. The zero-order valence-electron chi connectivity index (χ0n) is 9.84. The molecule has 3 rings (SSSR count). The zero-order valence-corrected chi connectivity index (χ0v) is 9.84. The second kappa shape index (κ2) is 4.15. The molecule has 2 unspecified atom stereocenters. The van der Waals surface area contributed by atoms with Gasteiger partial charge in [0.05, 0.1) is 17.0 Å². The number of carbonyl (C=O) groups excluding carboxylic acids is 3. The largest absolute Gasteiger partial charge is 0.339 e. The summed E-state index contributed by atoms with van der Waals surface area (Å²) in [5.74, 6) is -3.12. The second-order valence-electron chi connectivity index (χ2n) is 4.56. The van der Waals surface area contributed by atoms with Crippen LogP contribution in [0.25, 0.3) is 0 Å². The minimum Gasteiger partial charge on any atom is -0.329 e. The summed E-state index contributed by atoms with van der Waals surface area (Å²) in [4.78, 5) is 40.1. The van der Waals surface area contributed by atoms with E-state index in [0.29, 0.717) is 17.9 Å². The van der Waals surface area contributed by atoms with Crippen molar-refractivity contribution in [2.45, 2.75) is 19.0 Å². The van der Waals surface area contributed by atoms with Crippen LogP contribution >= 0.6 is 0 Å². The van der Waals surface area contributed by atoms with Crippen molar-refractivity contribution >= 4 is 17.8 Å². The van der Waals surface area contributed by atoms with Crippen molar-refractivity contribution in [3.8, 4) is 0 Å². The molecule has 1 aromatic carbocycles. The normalized spacial score (nSPS) is 25.0. The highest BCUT2D eigenvalue weighted by atomic mass is 19.1. The number of hydroxylamine groups is 2. The maximum Gasteiger partial charge on any atom is 0.339 e. The third-order valence-corrected chi connectivity index (χ3v) is 3.43. The van der Waals surface area contributed by atoms with E-state index in [1.54, 1.807) is 12.1 Å². The molecule has 2 atom stereocenters. The van der Waals surface area contributed by atoms with Crippen molar-refractivity contribution in [3.63, 3.8) is 0 Å². The summed E-state index contributed by atoms with van der Waals surface area (Å²) in [6.45, 7) is 0. The van der Waals surface area contributed by atoms with Crippen LogP contribution in [0.15, 0.2) is 24.3 Å². The molecule has 6 heteroatoms. The van der Waals surface area contributed by atoms with Gasteiger partial charge in [-0.1, -0.05) is 17.2 Å². The Hall–Kier alpha value is -2.24. The summed E-state index contributed by atoms with van der Waals surface area (Å²) in [7, 11) is 0. The molecule has 19 heavy (non-hydrogen) atoms. The van der Waals surface area contributed by atoms with Crippen LogP contribution in [0, 0.1) is 5.92 Å². The highest BCUT2D eigenvalue weighted by molar-refractivity contribution is 6.20. The molecule has 98 valence electrons. The molecule has 1 aliphatic carbocycles. The lowest BCUT2D eigenvalue weighted by atomic mass is 9.83. The van der Waals surface area contributed by atoms with Crippen LogP contribution in [0.2, 0.25) is 0 Å². The number of carbonyl (C=O) groups is 3. The Morgan fingerprint density at radius 2 is 1.74 bits per heavy atom. The van der Waals surface area contributed by atoms with E-state index in [9.17, 15) is 18.8 Å². The van der Waals surface area contributed by atoms with E-state index >= 15 is 0 Å². The average molecular weight is 263 g/mol. The number of halogens is 1. The lowest BCUT2D eigenvalue weighted by Gasteiger charge is -2.28. The lowest BCUT2D eigenvalue weighted by Crippen LogP contribution is -2.41. The molecule has 0 bridgehead atoms. The number of amides is 2. The van der Waals surface area contributed by atoms with Gasteiger partial charge in [0.1, 0.15) is 6.17 Å². The minimum absolute atomic E-state index is 0.186. The maximum atomic E-state index is 13.1. The SMILES string of the molecule is O=C(ON1C(=O)c2ccccc2C1=O)C1CCC1F. The minimum atomic E-state index is -1.25. The third kappa shape index (κ3) is 1.71. The van der Waals surface area contributed by atoms with Crippen molar-refractivity contribution in [1.29, 1.82) is 0 Å². The van der Waals surface area contributed by atoms with Gasteiger partial charge in [-0.15, -0.1) is 0 Å². The number of hydrogen-bond donors (Lipinski definition) is 0. The van der Waals surface area contributed by atoms with Gasteiger partial charge in [0.2, 0.25) is 0 Å². The van der Waals surface area contributed by atoms with E-state index in [0.717, 1.165) is 0 Å². The van der Waals surface area contributed by atoms with Crippen LogP contribution in [0.1, 0.15) is 33.6 Å². The summed E-state index contributed by atoms with van der Waals surface area (Å²) in [6.07, 6.45) is -0.562. The van der Waals surface area contributed by atoms with Gasteiger partial charge in [-0.3, -0.25) is 9.59 Å². The standard InChI is InChI=1S/C13H10FNO4/c14-10-6-5-9(10)13(18)19-15-11(16)7-3-1-2-4-8(7)12(15)17/h1-4,9-10H,5-6H2. The quantitative estimate of drug-likeness (QED) is 0.758. The summed E-state index contributed by atoms with van der Waals surface area (Å²) in [6, 6.07) is 6.17. The molecule has 0 aromatic heterocycles. The Balaban J connectivity index is 1.79. The molecule has 2 amide bonds. The zero-order chi connectivity index (χ0) is 13.6. The van der Waals surface area contributed by atoms with Gasteiger partial charge in [0.15, 0.2) is 0 Å². The van der Waals surface area contributed by atoms with Crippen molar-refractivity contribution in [2.24, 2.45) is 5.92 Å². The Labute approximate surface area is 107 Å². The summed E-state index contributed by atoms with van der Waals surface area (Å²) in [5.41, 5.74) is 0.372. The molecule has 0 saturated heterocycles. The number of hydrogen-bond acceptors (Lipinski definition) is 4. The molecule has 1 aliphatic heterocycles. The topological polar surface area (TPSA) is 63.7 Å². The molecule has 0 radical (unpaired) electrons. The fourth-order valence-electron chi connectivity index (χ4n) is 2.13. The van der Waals surface area contributed by atoms with E-state index < -0.39 is 29.9 Å². The van der Waals surface area contributed by atoms with E-state index in [4.69, 9.17) is 4.84 Å². The molecule has 1 aromatic rings. The van der Waals surface area contributed by atoms with Crippen LogP contribution in [0.4, 0.5) is 4.39 Å². The van der Waals surface area contributed by atoms with E-state index in [1.165, 1.54) is 12.1 Å². The number of imide groups is 1. The monoisotopic (exact) mass is 263 g/mol. The van der Waals surface area contributed by atoms with E-state index in [-0.39, 0.29) is 11.1 Å². The molecule has 0 spiro atoms. The Morgan fingerprint density at radius 3 is 2.16 bits per heavy atom. The molecular weight excluding hydrogens is 253 g/mol. The van der Waals surface area contributed by atoms with Crippen LogP contribution in [0.3, 0.4) is 0 Å². The Bertz CT molecular complexity index is 551. The maximum absolute atomic E-state index is 13.1. The number of fused-ring (bicyclic) bond motifs is 1. The van der Waals surface area contributed by atoms with Gasteiger partial charge in [0.25, 0.3) is 11.8 Å². The lowest BCUT2D eigenvalue weighted by molar-refractivity contribution is -0.180. The Kier molecular flexibility index (Phi) is 2.58. The van der Waals surface area contributed by atoms with Crippen LogP contribution in [0.5, 0.6) is 0 Å². The first-order valence-corrected chi connectivity index (χ1v) is 5.93. The predicted octanol–water partition coefficient (Wildman–Crippen LogP) is 1.49.